The van der Waals surface area contributed by atoms with Gasteiger partial charge in [-0.25, -0.2) is 0 Å². The summed E-state index contributed by atoms with van der Waals surface area (Å²) in [6.07, 6.45) is 0. The van der Waals surface area contributed by atoms with E-state index < -0.39 is 15.0 Å². The number of aryl methyl sites for hydroxylation is 1. The van der Waals surface area contributed by atoms with E-state index in [0.717, 1.165) is 26.2 Å². The van der Waals surface area contributed by atoms with Gasteiger partial charge in [-0.1, -0.05) is 64.0 Å². The fourth-order valence-electron chi connectivity index (χ4n) is 2.87. The van der Waals surface area contributed by atoms with Gasteiger partial charge < -0.3 is 5.32 Å². The summed E-state index contributed by atoms with van der Waals surface area (Å²) in [4.78, 5) is 0.719. The van der Waals surface area contributed by atoms with E-state index in [1.54, 1.807) is 0 Å². The second-order valence-corrected chi connectivity index (χ2v) is 10.3. The standard InChI is InChI=1S/C22H21BrClNOS/c1-16-8-14-20(15-9-16)27(26)22(2,24)21(17-6-4-3-5-7-17)25-19-12-10-18(23)11-13-19/h3-15,21,25H,1-2H3/t21-,22+,27-/m1/s1. The molecule has 0 saturated heterocycles. The number of hydrogen-bond donors (Lipinski definition) is 1. The minimum Gasteiger partial charge on any atom is -0.375 e. The zero-order valence-corrected chi connectivity index (χ0v) is 18.3. The van der Waals surface area contributed by atoms with E-state index in [4.69, 9.17) is 11.6 Å². The van der Waals surface area contributed by atoms with Crippen molar-refractivity contribution in [2.24, 2.45) is 0 Å². The van der Waals surface area contributed by atoms with Gasteiger partial charge in [-0.3, -0.25) is 4.21 Å². The summed E-state index contributed by atoms with van der Waals surface area (Å²) in [5.74, 6) is 0. The largest absolute Gasteiger partial charge is 0.375 e. The number of nitrogens with one attached hydrogen (secondary N) is 1. The van der Waals surface area contributed by atoms with Crippen molar-refractivity contribution in [3.05, 3.63) is 94.5 Å². The fraction of sp³-hybridized carbons (Fsp3) is 0.182. The Hall–Kier alpha value is -1.62. The number of benzene rings is 3. The smallest absolute Gasteiger partial charge is 0.145 e. The van der Waals surface area contributed by atoms with Crippen LogP contribution in [0.1, 0.15) is 24.1 Å². The number of rotatable bonds is 6. The molecule has 3 rings (SSSR count). The molecule has 2 nitrogen and oxygen atoms in total. The molecule has 5 heteroatoms. The number of halogens is 2. The zero-order valence-electron chi connectivity index (χ0n) is 15.2. The van der Waals surface area contributed by atoms with E-state index >= 15 is 0 Å². The first-order valence-corrected chi connectivity index (χ1v) is 10.9. The second-order valence-electron chi connectivity index (χ2n) is 6.56. The van der Waals surface area contributed by atoms with E-state index in [2.05, 4.69) is 21.2 Å². The molecule has 0 saturated carbocycles. The molecule has 0 radical (unpaired) electrons. The average molecular weight is 463 g/mol. The molecule has 27 heavy (non-hydrogen) atoms. The van der Waals surface area contributed by atoms with Crippen LogP contribution in [-0.4, -0.2) is 8.42 Å². The molecule has 3 aromatic rings. The first kappa shape index (κ1) is 20.1. The lowest BCUT2D eigenvalue weighted by molar-refractivity contribution is 0.635. The Morgan fingerprint density at radius 2 is 1.56 bits per heavy atom. The van der Waals surface area contributed by atoms with Gasteiger partial charge in [0.1, 0.15) is 4.21 Å². The molecule has 140 valence electrons. The van der Waals surface area contributed by atoms with Gasteiger partial charge in [0.05, 0.1) is 16.8 Å². The molecule has 0 aromatic heterocycles. The van der Waals surface area contributed by atoms with E-state index in [0.29, 0.717) is 0 Å². The summed E-state index contributed by atoms with van der Waals surface area (Å²) >= 11 is 10.4. The maximum atomic E-state index is 13.4. The van der Waals surface area contributed by atoms with Crippen LogP contribution in [-0.2, 0) is 10.8 Å². The highest BCUT2D eigenvalue weighted by Crippen LogP contribution is 2.40. The van der Waals surface area contributed by atoms with Crippen LogP contribution in [0.15, 0.2) is 88.2 Å². The quantitative estimate of drug-likeness (QED) is 0.414. The highest BCUT2D eigenvalue weighted by atomic mass is 79.9. The number of anilines is 1. The Labute approximate surface area is 176 Å². The van der Waals surface area contributed by atoms with Crippen molar-refractivity contribution in [3.63, 3.8) is 0 Å². The molecule has 0 aliphatic heterocycles. The van der Waals surface area contributed by atoms with Crippen molar-refractivity contribution in [2.75, 3.05) is 5.32 Å². The van der Waals surface area contributed by atoms with Crippen molar-refractivity contribution in [1.29, 1.82) is 0 Å². The molecular weight excluding hydrogens is 442 g/mol. The molecule has 0 aliphatic carbocycles. The van der Waals surface area contributed by atoms with Gasteiger partial charge in [-0.2, -0.15) is 0 Å². The summed E-state index contributed by atoms with van der Waals surface area (Å²) in [6.45, 7) is 3.84. The van der Waals surface area contributed by atoms with Gasteiger partial charge in [0, 0.05) is 15.1 Å². The van der Waals surface area contributed by atoms with Crippen molar-refractivity contribution < 1.29 is 4.21 Å². The molecule has 0 amide bonds. The average Bonchev–Trinajstić information content (AvgIpc) is 2.68. The van der Waals surface area contributed by atoms with Gasteiger partial charge in [0.2, 0.25) is 0 Å². The Balaban J connectivity index is 1.98. The highest BCUT2D eigenvalue weighted by Gasteiger charge is 2.40. The first-order chi connectivity index (χ1) is 12.9. The lowest BCUT2D eigenvalue weighted by Gasteiger charge is -2.33. The lowest BCUT2D eigenvalue weighted by atomic mass is 10.0. The zero-order chi connectivity index (χ0) is 19.4. The Bertz CT molecular complexity index is 911. The van der Waals surface area contributed by atoms with Crippen LogP contribution < -0.4 is 5.32 Å². The SMILES string of the molecule is Cc1ccc([S@@](=O)[C@](C)(Cl)[C@H](Nc2ccc(Br)cc2)c2ccccc2)cc1. The van der Waals surface area contributed by atoms with Gasteiger partial charge in [-0.15, -0.1) is 11.6 Å². The van der Waals surface area contributed by atoms with Crippen molar-refractivity contribution in [1.82, 2.24) is 0 Å². The van der Waals surface area contributed by atoms with Gasteiger partial charge in [0.25, 0.3) is 0 Å². The highest BCUT2D eigenvalue weighted by molar-refractivity contribution is 9.10. The van der Waals surface area contributed by atoms with Crippen LogP contribution in [0.25, 0.3) is 0 Å². The van der Waals surface area contributed by atoms with Crippen molar-refractivity contribution >= 4 is 44.0 Å². The summed E-state index contributed by atoms with van der Waals surface area (Å²) in [7, 11) is -1.42. The molecule has 0 fully saturated rings. The van der Waals surface area contributed by atoms with E-state index in [1.165, 1.54) is 0 Å². The fourth-order valence-corrected chi connectivity index (χ4v) is 4.83. The number of hydrogen-bond acceptors (Lipinski definition) is 2. The summed E-state index contributed by atoms with van der Waals surface area (Å²) in [5.41, 5.74) is 3.03. The molecule has 0 bridgehead atoms. The molecule has 3 aromatic carbocycles. The first-order valence-electron chi connectivity index (χ1n) is 8.62. The maximum Gasteiger partial charge on any atom is 0.145 e. The number of alkyl halides is 1. The Kier molecular flexibility index (Phi) is 6.40. The summed E-state index contributed by atoms with van der Waals surface area (Å²) in [6, 6.07) is 25.1. The monoisotopic (exact) mass is 461 g/mol. The van der Waals surface area contributed by atoms with E-state index in [1.807, 2.05) is 92.7 Å². The van der Waals surface area contributed by atoms with Crippen LogP contribution in [0.5, 0.6) is 0 Å². The molecule has 0 heterocycles. The Morgan fingerprint density at radius 3 is 2.15 bits per heavy atom. The van der Waals surface area contributed by atoms with Crippen LogP contribution in [0, 0.1) is 6.92 Å². The molecule has 0 unspecified atom stereocenters. The van der Waals surface area contributed by atoms with E-state index in [9.17, 15) is 4.21 Å². The molecule has 3 atom stereocenters. The lowest BCUT2D eigenvalue weighted by Crippen LogP contribution is -2.36. The minimum atomic E-state index is -1.42. The van der Waals surface area contributed by atoms with Crippen LogP contribution in [0.3, 0.4) is 0 Å². The Morgan fingerprint density at radius 1 is 0.963 bits per heavy atom. The predicted octanol–water partition coefficient (Wildman–Crippen LogP) is 6.67. The third kappa shape index (κ3) is 4.81. The second kappa shape index (κ2) is 8.59. The van der Waals surface area contributed by atoms with Crippen molar-refractivity contribution in [3.8, 4) is 0 Å². The third-order valence-corrected chi connectivity index (χ3v) is 7.23. The molecule has 0 spiro atoms. The maximum absolute atomic E-state index is 13.4. The van der Waals surface area contributed by atoms with Crippen LogP contribution in [0.4, 0.5) is 5.69 Å². The van der Waals surface area contributed by atoms with Crippen LogP contribution in [0.2, 0.25) is 0 Å². The molecular formula is C22H21BrClNOS. The topological polar surface area (TPSA) is 29.1 Å². The summed E-state index contributed by atoms with van der Waals surface area (Å²) < 4.78 is 13.3. The van der Waals surface area contributed by atoms with Gasteiger partial charge >= 0.3 is 0 Å². The van der Waals surface area contributed by atoms with Crippen LogP contribution >= 0.6 is 27.5 Å². The third-order valence-electron chi connectivity index (χ3n) is 4.40. The minimum absolute atomic E-state index is 0.344. The van der Waals surface area contributed by atoms with Crippen molar-refractivity contribution in [2.45, 2.75) is 29.0 Å². The predicted molar refractivity (Wildman–Crippen MR) is 119 cm³/mol. The normalized spacial score (nSPS) is 15.6. The van der Waals surface area contributed by atoms with Gasteiger partial charge in [-0.05, 0) is 55.8 Å². The molecule has 1 N–H and O–H groups in total. The molecule has 0 aliphatic rings. The summed E-state index contributed by atoms with van der Waals surface area (Å²) in [5, 5.41) is 3.48. The van der Waals surface area contributed by atoms with E-state index in [-0.39, 0.29) is 6.04 Å². The van der Waals surface area contributed by atoms with Gasteiger partial charge in [0.15, 0.2) is 0 Å².